The molecule has 1 N–H and O–H groups in total. The summed E-state index contributed by atoms with van der Waals surface area (Å²) in [6, 6.07) is 15.1. The number of phenolic OH excluding ortho intramolecular Hbond substituents is 1. The van der Waals surface area contributed by atoms with Gasteiger partial charge in [-0.1, -0.05) is 44.7 Å². The number of ether oxygens (including phenoxy) is 2. The van der Waals surface area contributed by atoms with Crippen LogP contribution in [0.1, 0.15) is 25.0 Å². The number of carbonyl (C=O) groups excluding carboxylic acids is 1. The molecule has 2 aromatic rings. The summed E-state index contributed by atoms with van der Waals surface area (Å²) in [6.07, 6.45) is 1.13. The van der Waals surface area contributed by atoms with E-state index in [0.717, 1.165) is 23.0 Å². The minimum Gasteiger partial charge on any atom is -0.508 e. The largest absolute Gasteiger partial charge is 0.508 e. The SMILES string of the molecule is C=CC(=O)OCCOc1ccc(C(C)(C)c2ccc(O)cc2)cc1. The number of hydrogen-bond acceptors (Lipinski definition) is 4. The minimum absolute atomic E-state index is 0.186. The van der Waals surface area contributed by atoms with Crippen molar-refractivity contribution < 1.29 is 19.4 Å². The highest BCUT2D eigenvalue weighted by Gasteiger charge is 2.22. The fourth-order valence-corrected chi connectivity index (χ4v) is 2.37. The lowest BCUT2D eigenvalue weighted by molar-refractivity contribution is -0.138. The molecule has 2 aromatic carbocycles. The maximum absolute atomic E-state index is 10.9. The van der Waals surface area contributed by atoms with Gasteiger partial charge >= 0.3 is 5.97 Å². The van der Waals surface area contributed by atoms with Crippen LogP contribution in [-0.4, -0.2) is 24.3 Å². The zero-order valence-corrected chi connectivity index (χ0v) is 14.0. The predicted molar refractivity (Wildman–Crippen MR) is 93.3 cm³/mol. The van der Waals surface area contributed by atoms with E-state index in [1.165, 1.54) is 0 Å². The second-order valence-corrected chi connectivity index (χ2v) is 5.92. The summed E-state index contributed by atoms with van der Waals surface area (Å²) >= 11 is 0. The van der Waals surface area contributed by atoms with Crippen LogP contribution in [0.25, 0.3) is 0 Å². The van der Waals surface area contributed by atoms with E-state index in [1.54, 1.807) is 12.1 Å². The molecular weight excluding hydrogens is 304 g/mol. The molecule has 2 rings (SSSR count). The van der Waals surface area contributed by atoms with Crippen LogP contribution in [0.5, 0.6) is 11.5 Å². The summed E-state index contributed by atoms with van der Waals surface area (Å²) in [6.45, 7) is 8.07. The molecule has 0 unspecified atom stereocenters. The highest BCUT2D eigenvalue weighted by atomic mass is 16.6. The quantitative estimate of drug-likeness (QED) is 0.477. The summed E-state index contributed by atoms with van der Waals surface area (Å²) in [5.74, 6) is 0.523. The van der Waals surface area contributed by atoms with Crippen molar-refractivity contribution in [1.82, 2.24) is 0 Å². The number of hydrogen-bond donors (Lipinski definition) is 1. The monoisotopic (exact) mass is 326 g/mol. The molecule has 0 heterocycles. The lowest BCUT2D eigenvalue weighted by atomic mass is 9.78. The fraction of sp³-hybridized carbons (Fsp3) is 0.250. The maximum atomic E-state index is 10.9. The molecule has 0 amide bonds. The average molecular weight is 326 g/mol. The van der Waals surface area contributed by atoms with Gasteiger partial charge in [0, 0.05) is 11.5 Å². The molecule has 0 aromatic heterocycles. The zero-order valence-electron chi connectivity index (χ0n) is 14.0. The van der Waals surface area contributed by atoms with Gasteiger partial charge in [-0.05, 0) is 35.4 Å². The van der Waals surface area contributed by atoms with Crippen LogP contribution < -0.4 is 4.74 Å². The predicted octanol–water partition coefficient (Wildman–Crippen LogP) is 3.83. The Kier molecular flexibility index (Phi) is 5.64. The maximum Gasteiger partial charge on any atom is 0.330 e. The number of carbonyl (C=O) groups is 1. The summed E-state index contributed by atoms with van der Waals surface area (Å²) in [4.78, 5) is 10.9. The Hall–Kier alpha value is -2.75. The Morgan fingerprint density at radius 1 is 1.04 bits per heavy atom. The van der Waals surface area contributed by atoms with Crippen molar-refractivity contribution >= 4 is 5.97 Å². The Morgan fingerprint density at radius 3 is 2.12 bits per heavy atom. The van der Waals surface area contributed by atoms with Crippen molar-refractivity contribution in [3.05, 3.63) is 72.3 Å². The number of aromatic hydroxyl groups is 1. The first kappa shape index (κ1) is 17.6. The normalized spacial score (nSPS) is 10.9. The van der Waals surface area contributed by atoms with E-state index in [9.17, 15) is 9.90 Å². The molecule has 126 valence electrons. The third kappa shape index (κ3) is 4.38. The summed E-state index contributed by atoms with van der Waals surface area (Å²) in [5, 5.41) is 9.43. The molecule has 0 radical (unpaired) electrons. The molecule has 0 fully saturated rings. The van der Waals surface area contributed by atoms with Gasteiger partial charge in [-0.25, -0.2) is 4.79 Å². The Balaban J connectivity index is 1.99. The molecule has 0 atom stereocenters. The number of benzene rings is 2. The van der Waals surface area contributed by atoms with Gasteiger partial charge in [0.15, 0.2) is 0 Å². The van der Waals surface area contributed by atoms with Crippen LogP contribution in [-0.2, 0) is 14.9 Å². The van der Waals surface area contributed by atoms with E-state index in [1.807, 2.05) is 36.4 Å². The van der Waals surface area contributed by atoms with Crippen molar-refractivity contribution in [3.63, 3.8) is 0 Å². The summed E-state index contributed by atoms with van der Waals surface area (Å²) < 4.78 is 10.4. The van der Waals surface area contributed by atoms with Crippen molar-refractivity contribution in [2.75, 3.05) is 13.2 Å². The van der Waals surface area contributed by atoms with Crippen LogP contribution in [0, 0.1) is 0 Å². The van der Waals surface area contributed by atoms with E-state index in [4.69, 9.17) is 9.47 Å². The van der Waals surface area contributed by atoms with Crippen molar-refractivity contribution in [3.8, 4) is 11.5 Å². The molecule has 0 aliphatic carbocycles. The van der Waals surface area contributed by atoms with Crippen LogP contribution in [0.3, 0.4) is 0 Å². The Bertz CT molecular complexity index is 685. The van der Waals surface area contributed by atoms with Gasteiger partial charge in [-0.15, -0.1) is 0 Å². The smallest absolute Gasteiger partial charge is 0.330 e. The highest BCUT2D eigenvalue weighted by molar-refractivity contribution is 5.81. The first-order chi connectivity index (χ1) is 11.4. The number of esters is 1. The van der Waals surface area contributed by atoms with Crippen LogP contribution in [0.15, 0.2) is 61.2 Å². The topological polar surface area (TPSA) is 55.8 Å². The molecule has 0 aliphatic heterocycles. The molecular formula is C20H22O4. The molecule has 0 bridgehead atoms. The second-order valence-electron chi connectivity index (χ2n) is 5.92. The standard InChI is InChI=1S/C20H22O4/c1-4-19(22)24-14-13-23-18-11-7-16(8-12-18)20(2,3)15-5-9-17(21)10-6-15/h4-12,21H,1,13-14H2,2-3H3. The molecule has 0 spiro atoms. The van der Waals surface area contributed by atoms with E-state index in [0.29, 0.717) is 6.61 Å². The van der Waals surface area contributed by atoms with Crippen LogP contribution in [0.4, 0.5) is 0 Å². The van der Waals surface area contributed by atoms with E-state index in [-0.39, 0.29) is 17.8 Å². The Labute approximate surface area is 142 Å². The molecule has 0 saturated carbocycles. The molecule has 4 heteroatoms. The van der Waals surface area contributed by atoms with Gasteiger partial charge in [-0.2, -0.15) is 0 Å². The first-order valence-corrected chi connectivity index (χ1v) is 7.75. The van der Waals surface area contributed by atoms with Crippen LogP contribution in [0.2, 0.25) is 0 Å². The third-order valence-electron chi connectivity index (χ3n) is 3.93. The number of rotatable bonds is 7. The molecule has 0 saturated heterocycles. The molecule has 4 nitrogen and oxygen atoms in total. The second kappa shape index (κ2) is 7.68. The van der Waals surface area contributed by atoms with Gasteiger partial charge in [0.1, 0.15) is 24.7 Å². The first-order valence-electron chi connectivity index (χ1n) is 7.75. The van der Waals surface area contributed by atoms with E-state index in [2.05, 4.69) is 20.4 Å². The fourth-order valence-electron chi connectivity index (χ4n) is 2.37. The number of phenols is 1. The lowest BCUT2D eigenvalue weighted by Crippen LogP contribution is -2.18. The minimum atomic E-state index is -0.454. The van der Waals surface area contributed by atoms with Crippen molar-refractivity contribution in [1.29, 1.82) is 0 Å². The molecule has 24 heavy (non-hydrogen) atoms. The zero-order chi connectivity index (χ0) is 17.6. The van der Waals surface area contributed by atoms with Crippen LogP contribution >= 0.6 is 0 Å². The third-order valence-corrected chi connectivity index (χ3v) is 3.93. The lowest BCUT2D eigenvalue weighted by Gasteiger charge is -2.26. The van der Waals surface area contributed by atoms with E-state index < -0.39 is 5.97 Å². The molecule has 0 aliphatic rings. The summed E-state index contributed by atoms with van der Waals surface area (Å²) in [5.41, 5.74) is 2.06. The van der Waals surface area contributed by atoms with Crippen molar-refractivity contribution in [2.45, 2.75) is 19.3 Å². The van der Waals surface area contributed by atoms with E-state index >= 15 is 0 Å². The van der Waals surface area contributed by atoms with Gasteiger partial charge in [0.25, 0.3) is 0 Å². The summed E-state index contributed by atoms with van der Waals surface area (Å²) in [7, 11) is 0. The van der Waals surface area contributed by atoms with Gasteiger partial charge in [0.05, 0.1) is 0 Å². The van der Waals surface area contributed by atoms with Crippen molar-refractivity contribution in [2.24, 2.45) is 0 Å². The average Bonchev–Trinajstić information content (AvgIpc) is 2.59. The highest BCUT2D eigenvalue weighted by Crippen LogP contribution is 2.33. The van der Waals surface area contributed by atoms with Gasteiger partial charge < -0.3 is 14.6 Å². The van der Waals surface area contributed by atoms with Gasteiger partial charge in [-0.3, -0.25) is 0 Å². The van der Waals surface area contributed by atoms with Gasteiger partial charge in [0.2, 0.25) is 0 Å². The Morgan fingerprint density at radius 2 is 1.58 bits per heavy atom.